The van der Waals surface area contributed by atoms with E-state index in [-0.39, 0.29) is 0 Å². The zero-order valence-electron chi connectivity index (χ0n) is 16.4. The second-order valence-corrected chi connectivity index (χ2v) is 11.0. The molecule has 4 aromatic carbocycles. The lowest BCUT2D eigenvalue weighted by Crippen LogP contribution is -2.75. The van der Waals surface area contributed by atoms with E-state index < -0.39 is 8.40 Å². The van der Waals surface area contributed by atoms with Gasteiger partial charge in [-0.05, 0) is 34.6 Å². The summed E-state index contributed by atoms with van der Waals surface area (Å²) in [6.07, 6.45) is 0. The van der Waals surface area contributed by atoms with Crippen molar-refractivity contribution in [2.45, 2.75) is 0 Å². The lowest BCUT2D eigenvalue weighted by atomic mass is 10.3. The van der Waals surface area contributed by atoms with Crippen LogP contribution in [0.2, 0.25) is 0 Å². The fourth-order valence-corrected chi connectivity index (χ4v) is 9.73. The van der Waals surface area contributed by atoms with Crippen LogP contribution in [0.5, 0.6) is 0 Å². The van der Waals surface area contributed by atoms with Gasteiger partial charge in [-0.2, -0.15) is 0 Å². The lowest BCUT2D eigenvalue weighted by molar-refractivity contribution is 1.02. The maximum atomic E-state index is 2.69. The van der Waals surface area contributed by atoms with Gasteiger partial charge in [0.15, 0.2) is 0 Å². The van der Waals surface area contributed by atoms with Gasteiger partial charge in [-0.1, -0.05) is 97.1 Å². The van der Waals surface area contributed by atoms with Crippen LogP contribution in [0.25, 0.3) is 0 Å². The van der Waals surface area contributed by atoms with Gasteiger partial charge in [-0.15, -0.1) is 0 Å². The minimum Gasteiger partial charge on any atom is -0.372 e. The number of anilines is 2. The van der Waals surface area contributed by atoms with Crippen molar-refractivity contribution in [3.8, 4) is 0 Å². The highest BCUT2D eigenvalue weighted by atomic mass is 28.3. The van der Waals surface area contributed by atoms with Crippen LogP contribution in [0.4, 0.5) is 11.4 Å². The summed E-state index contributed by atoms with van der Waals surface area (Å²) in [5.74, 6) is 0. The molecule has 142 valence electrons. The first kappa shape index (κ1) is 17.8. The molecule has 0 bridgehead atoms. The van der Waals surface area contributed by atoms with Gasteiger partial charge in [0.1, 0.15) is 0 Å². The summed E-state index contributed by atoms with van der Waals surface area (Å²) < 4.78 is 5.37. The Morgan fingerprint density at radius 2 is 0.724 bits per heavy atom. The zero-order chi connectivity index (χ0) is 19.5. The van der Waals surface area contributed by atoms with Crippen LogP contribution in [0.3, 0.4) is 0 Å². The van der Waals surface area contributed by atoms with Crippen LogP contribution in [0.15, 0.2) is 121 Å². The molecule has 3 heteroatoms. The second-order valence-electron chi connectivity index (χ2n) is 7.38. The standard InChI is InChI=1S/C26H24N2Si/c1-5-13-23(14-6-1)27-21-22-28(24-15-7-2-8-16-24)29(27,25-17-9-3-10-18-25)26-19-11-4-12-20-26/h1-20H,21-22H2. The van der Waals surface area contributed by atoms with Crippen LogP contribution < -0.4 is 19.5 Å². The normalized spacial score (nSPS) is 15.4. The molecule has 0 atom stereocenters. The fraction of sp³-hybridized carbons (Fsp3) is 0.0769. The van der Waals surface area contributed by atoms with E-state index in [0.29, 0.717) is 0 Å². The molecule has 0 spiro atoms. The van der Waals surface area contributed by atoms with Gasteiger partial charge in [-0.25, -0.2) is 0 Å². The number of rotatable bonds is 4. The molecular formula is C26H24N2Si. The third-order valence-electron chi connectivity index (χ3n) is 5.82. The predicted octanol–water partition coefficient (Wildman–Crippen LogP) is 4.27. The maximum absolute atomic E-state index is 2.69. The Morgan fingerprint density at radius 3 is 1.07 bits per heavy atom. The van der Waals surface area contributed by atoms with Crippen molar-refractivity contribution in [1.82, 2.24) is 0 Å². The van der Waals surface area contributed by atoms with E-state index in [9.17, 15) is 0 Å². The average Bonchev–Trinajstić information content (AvgIpc) is 3.23. The Balaban J connectivity index is 1.81. The third kappa shape index (κ3) is 2.95. The number of para-hydroxylation sites is 2. The van der Waals surface area contributed by atoms with Crippen molar-refractivity contribution in [3.63, 3.8) is 0 Å². The molecule has 0 unspecified atom stereocenters. The summed E-state index contributed by atoms with van der Waals surface area (Å²) in [5.41, 5.74) is 2.59. The molecule has 1 saturated heterocycles. The number of hydrogen-bond donors (Lipinski definition) is 0. The van der Waals surface area contributed by atoms with E-state index in [1.165, 1.54) is 21.7 Å². The Kier molecular flexibility index (Phi) is 4.66. The van der Waals surface area contributed by atoms with Crippen LogP contribution in [-0.2, 0) is 0 Å². The Morgan fingerprint density at radius 1 is 0.414 bits per heavy atom. The van der Waals surface area contributed by atoms with Gasteiger partial charge >= 0.3 is 8.40 Å². The minimum absolute atomic E-state index is 1.01. The first-order valence-corrected chi connectivity index (χ1v) is 12.1. The maximum Gasteiger partial charge on any atom is 0.331 e. The molecule has 0 N–H and O–H groups in total. The molecule has 2 nitrogen and oxygen atoms in total. The molecule has 0 aromatic heterocycles. The summed E-state index contributed by atoms with van der Waals surface area (Å²) in [7, 11) is -2.46. The second kappa shape index (κ2) is 7.61. The van der Waals surface area contributed by atoms with Gasteiger partial charge in [-0.3, -0.25) is 0 Å². The van der Waals surface area contributed by atoms with Crippen molar-refractivity contribution < 1.29 is 0 Å². The lowest BCUT2D eigenvalue weighted by Gasteiger charge is -2.44. The van der Waals surface area contributed by atoms with Crippen molar-refractivity contribution >= 4 is 30.1 Å². The van der Waals surface area contributed by atoms with Crippen molar-refractivity contribution in [2.24, 2.45) is 0 Å². The smallest absolute Gasteiger partial charge is 0.331 e. The molecule has 1 aliphatic rings. The summed E-state index contributed by atoms with van der Waals surface area (Å²) in [6.45, 7) is 2.02. The van der Waals surface area contributed by atoms with Gasteiger partial charge < -0.3 is 9.13 Å². The molecule has 0 radical (unpaired) electrons. The topological polar surface area (TPSA) is 6.48 Å². The Bertz CT molecular complexity index is 964. The SMILES string of the molecule is c1ccc(N2CCN(c3ccccc3)[Si]2(c2ccccc2)c2ccccc2)cc1. The van der Waals surface area contributed by atoms with E-state index in [2.05, 4.69) is 130 Å². The molecule has 29 heavy (non-hydrogen) atoms. The highest BCUT2D eigenvalue weighted by Crippen LogP contribution is 2.32. The Labute approximate surface area is 173 Å². The molecule has 0 saturated carbocycles. The fourth-order valence-electron chi connectivity index (χ4n) is 4.65. The Hall–Kier alpha value is -3.30. The van der Waals surface area contributed by atoms with Crippen molar-refractivity contribution in [1.29, 1.82) is 0 Å². The molecule has 0 aliphatic carbocycles. The van der Waals surface area contributed by atoms with Gasteiger partial charge in [0, 0.05) is 24.5 Å². The van der Waals surface area contributed by atoms with E-state index >= 15 is 0 Å². The van der Waals surface area contributed by atoms with Crippen molar-refractivity contribution in [2.75, 3.05) is 22.2 Å². The molecular weight excluding hydrogens is 368 g/mol. The molecule has 0 amide bonds. The molecule has 4 aromatic rings. The van der Waals surface area contributed by atoms with Gasteiger partial charge in [0.2, 0.25) is 0 Å². The van der Waals surface area contributed by atoms with Crippen LogP contribution in [0, 0.1) is 0 Å². The first-order valence-electron chi connectivity index (χ1n) is 10.2. The van der Waals surface area contributed by atoms with Gasteiger partial charge in [0.05, 0.1) is 0 Å². The summed E-state index contributed by atoms with van der Waals surface area (Å²) in [4.78, 5) is 0. The van der Waals surface area contributed by atoms with E-state index in [0.717, 1.165) is 13.1 Å². The van der Waals surface area contributed by atoms with E-state index in [1.54, 1.807) is 0 Å². The van der Waals surface area contributed by atoms with E-state index in [1.807, 2.05) is 0 Å². The van der Waals surface area contributed by atoms with Gasteiger partial charge in [0.25, 0.3) is 0 Å². The average molecular weight is 393 g/mol. The highest BCUT2D eigenvalue weighted by molar-refractivity contribution is 7.07. The van der Waals surface area contributed by atoms with Crippen molar-refractivity contribution in [3.05, 3.63) is 121 Å². The number of benzene rings is 4. The third-order valence-corrected chi connectivity index (χ3v) is 10.6. The molecule has 1 aliphatic heterocycles. The first-order chi connectivity index (χ1) is 14.4. The number of hydrogen-bond acceptors (Lipinski definition) is 2. The van der Waals surface area contributed by atoms with Crippen LogP contribution in [-0.4, -0.2) is 21.5 Å². The predicted molar refractivity (Wildman–Crippen MR) is 125 cm³/mol. The van der Waals surface area contributed by atoms with Crippen LogP contribution >= 0.6 is 0 Å². The minimum atomic E-state index is -2.46. The van der Waals surface area contributed by atoms with E-state index in [4.69, 9.17) is 0 Å². The largest absolute Gasteiger partial charge is 0.372 e. The molecule has 5 rings (SSSR count). The zero-order valence-corrected chi connectivity index (χ0v) is 17.4. The molecule has 1 heterocycles. The van der Waals surface area contributed by atoms with Crippen LogP contribution in [0.1, 0.15) is 0 Å². The molecule has 1 fully saturated rings. The monoisotopic (exact) mass is 392 g/mol. The quantitative estimate of drug-likeness (QED) is 0.479. The number of nitrogens with zero attached hydrogens (tertiary/aromatic N) is 2. The summed E-state index contributed by atoms with van der Waals surface area (Å²) >= 11 is 0. The summed E-state index contributed by atoms with van der Waals surface area (Å²) in [5, 5.41) is 2.83. The summed E-state index contributed by atoms with van der Waals surface area (Å²) in [6, 6.07) is 44.0. The highest BCUT2D eigenvalue weighted by Gasteiger charge is 2.54.